The average Bonchev–Trinajstić information content (AvgIpc) is 2.60. The van der Waals surface area contributed by atoms with Crippen molar-refractivity contribution >= 4 is 0 Å². The van der Waals surface area contributed by atoms with Crippen LogP contribution in [0.25, 0.3) is 0 Å². The van der Waals surface area contributed by atoms with Gasteiger partial charge in [0.2, 0.25) is 0 Å². The molecule has 0 aromatic heterocycles. The first-order chi connectivity index (χ1) is 5.66. The largest absolute Gasteiger partial charge is 0.307 e. The van der Waals surface area contributed by atoms with E-state index in [1.54, 1.807) is 0 Å². The predicted molar refractivity (Wildman–Crippen MR) is 33.3 cm³/mol. The highest BCUT2D eigenvalue weighted by Gasteiger charge is 2.53. The second-order valence-electron chi connectivity index (χ2n) is 2.21. The van der Waals surface area contributed by atoms with E-state index in [0.717, 1.165) is 0 Å². The van der Waals surface area contributed by atoms with Crippen molar-refractivity contribution in [2.24, 2.45) is 52.8 Å². The van der Waals surface area contributed by atoms with E-state index in [9.17, 15) is 0 Å². The van der Waals surface area contributed by atoms with Crippen molar-refractivity contribution in [1.82, 2.24) is 0 Å². The van der Waals surface area contributed by atoms with Crippen LogP contribution in [0.15, 0.2) is 41.4 Å². The van der Waals surface area contributed by atoms with Crippen molar-refractivity contribution in [2.45, 2.75) is 11.6 Å². The Bertz CT molecular complexity index is 252. The summed E-state index contributed by atoms with van der Waals surface area (Å²) in [6.45, 7) is 0. The lowest BCUT2D eigenvalue weighted by atomic mass is 10.2. The first-order valence-electron chi connectivity index (χ1n) is 2.92. The lowest BCUT2D eigenvalue weighted by Gasteiger charge is -2.23. The number of nitrogens with two attached hydrogens (primary N) is 2. The minimum atomic E-state index is -1.61. The first kappa shape index (κ1) is 7.00. The molecule has 0 amide bonds. The van der Waals surface area contributed by atoms with Crippen LogP contribution < -0.4 is 11.5 Å². The standard InChI is InChI=1S/C2H4N10/c3-1(5-9-10-6-1)2(4)7-11-12-8-2/h3-4H2. The highest BCUT2D eigenvalue weighted by atomic mass is 15.7. The zero-order chi connectivity index (χ0) is 8.66. The molecule has 12 heavy (non-hydrogen) atoms. The summed E-state index contributed by atoms with van der Waals surface area (Å²) in [6, 6.07) is 0. The van der Waals surface area contributed by atoms with Crippen molar-refractivity contribution in [3.05, 3.63) is 0 Å². The normalized spacial score (nSPS) is 27.2. The Kier molecular flexibility index (Phi) is 1.12. The molecule has 2 heterocycles. The first-order valence-corrected chi connectivity index (χ1v) is 2.92. The van der Waals surface area contributed by atoms with Gasteiger partial charge < -0.3 is 0 Å². The maximum Gasteiger partial charge on any atom is 0.307 e. The quantitative estimate of drug-likeness (QED) is 0.560. The fourth-order valence-electron chi connectivity index (χ4n) is 0.687. The van der Waals surface area contributed by atoms with Crippen molar-refractivity contribution in [1.29, 1.82) is 0 Å². The Hall–Kier alpha value is -1.68. The summed E-state index contributed by atoms with van der Waals surface area (Å²) in [6.07, 6.45) is 0. The van der Waals surface area contributed by atoms with Crippen molar-refractivity contribution < 1.29 is 0 Å². The van der Waals surface area contributed by atoms with E-state index in [1.807, 2.05) is 0 Å². The minimum absolute atomic E-state index is 1.61. The lowest BCUT2D eigenvalue weighted by Crippen LogP contribution is -2.59. The van der Waals surface area contributed by atoms with Gasteiger partial charge >= 0.3 is 11.6 Å². The van der Waals surface area contributed by atoms with Crippen LogP contribution in [-0.4, -0.2) is 11.6 Å². The van der Waals surface area contributed by atoms with Gasteiger partial charge in [0.1, 0.15) is 0 Å². The van der Waals surface area contributed by atoms with Gasteiger partial charge in [-0.25, -0.2) is 0 Å². The Morgan fingerprint density at radius 2 is 0.833 bits per heavy atom. The molecule has 0 aromatic carbocycles. The molecule has 0 saturated carbocycles. The van der Waals surface area contributed by atoms with Gasteiger partial charge in [0.25, 0.3) is 0 Å². The van der Waals surface area contributed by atoms with Crippen LogP contribution >= 0.6 is 0 Å². The summed E-state index contributed by atoms with van der Waals surface area (Å²) in [4.78, 5) is 0. The Labute approximate surface area is 65.5 Å². The van der Waals surface area contributed by atoms with Crippen LogP contribution in [0.5, 0.6) is 0 Å². The highest BCUT2D eigenvalue weighted by molar-refractivity contribution is 5.00. The highest BCUT2D eigenvalue weighted by Crippen LogP contribution is 2.30. The predicted octanol–water partition coefficient (Wildman–Crippen LogP) is -0.123. The van der Waals surface area contributed by atoms with Crippen LogP contribution in [0.3, 0.4) is 0 Å². The van der Waals surface area contributed by atoms with Gasteiger partial charge in [0, 0.05) is 0 Å². The minimum Gasteiger partial charge on any atom is -0.280 e. The zero-order valence-electron chi connectivity index (χ0n) is 5.73. The molecule has 2 aliphatic rings. The van der Waals surface area contributed by atoms with Crippen molar-refractivity contribution in [2.75, 3.05) is 0 Å². The Morgan fingerprint density at radius 3 is 1.08 bits per heavy atom. The second kappa shape index (κ2) is 1.92. The Morgan fingerprint density at radius 1 is 0.583 bits per heavy atom. The summed E-state index contributed by atoms with van der Waals surface area (Å²) in [5.74, 6) is -3.23. The van der Waals surface area contributed by atoms with E-state index < -0.39 is 11.6 Å². The molecule has 0 spiro atoms. The molecule has 0 atom stereocenters. The summed E-state index contributed by atoms with van der Waals surface area (Å²) < 4.78 is 0. The van der Waals surface area contributed by atoms with Gasteiger partial charge in [-0.15, -0.1) is 20.5 Å². The number of hydrogen-bond acceptors (Lipinski definition) is 10. The molecular formula is C2H4N10. The maximum atomic E-state index is 5.55. The molecule has 2 aliphatic heterocycles. The molecule has 0 unspecified atom stereocenters. The summed E-state index contributed by atoms with van der Waals surface area (Å²) in [5.41, 5.74) is 11.1. The molecule has 0 radical (unpaired) electrons. The van der Waals surface area contributed by atoms with Gasteiger partial charge in [-0.1, -0.05) is 0 Å². The van der Waals surface area contributed by atoms with E-state index in [0.29, 0.717) is 0 Å². The third-order valence-corrected chi connectivity index (χ3v) is 1.41. The smallest absolute Gasteiger partial charge is 0.280 e. The molecule has 0 fully saturated rings. The van der Waals surface area contributed by atoms with Gasteiger partial charge in [-0.3, -0.25) is 11.5 Å². The summed E-state index contributed by atoms with van der Waals surface area (Å²) in [7, 11) is 0. The molecule has 2 rings (SSSR count). The average molecular weight is 168 g/mol. The second-order valence-corrected chi connectivity index (χ2v) is 2.21. The van der Waals surface area contributed by atoms with E-state index in [-0.39, 0.29) is 0 Å². The fraction of sp³-hybridized carbons (Fsp3) is 1.00. The number of hydrogen-bond donors (Lipinski definition) is 2. The van der Waals surface area contributed by atoms with Crippen LogP contribution in [0.2, 0.25) is 0 Å². The van der Waals surface area contributed by atoms with E-state index in [4.69, 9.17) is 11.5 Å². The summed E-state index contributed by atoms with van der Waals surface area (Å²) in [5, 5.41) is 26.6. The molecule has 62 valence electrons. The molecule has 0 aliphatic carbocycles. The summed E-state index contributed by atoms with van der Waals surface area (Å²) >= 11 is 0. The van der Waals surface area contributed by atoms with E-state index in [2.05, 4.69) is 41.4 Å². The van der Waals surface area contributed by atoms with Gasteiger partial charge in [-0.05, 0) is 20.9 Å². The van der Waals surface area contributed by atoms with Crippen LogP contribution in [-0.2, 0) is 0 Å². The molecule has 0 bridgehead atoms. The molecule has 0 aromatic rings. The fourth-order valence-corrected chi connectivity index (χ4v) is 0.687. The molecule has 10 nitrogen and oxygen atoms in total. The van der Waals surface area contributed by atoms with Crippen molar-refractivity contribution in [3.8, 4) is 0 Å². The van der Waals surface area contributed by atoms with Gasteiger partial charge in [0.05, 0.1) is 0 Å². The van der Waals surface area contributed by atoms with Gasteiger partial charge in [-0.2, -0.15) is 0 Å². The van der Waals surface area contributed by atoms with Crippen molar-refractivity contribution in [3.63, 3.8) is 0 Å². The lowest BCUT2D eigenvalue weighted by molar-refractivity contribution is 0.248. The zero-order valence-corrected chi connectivity index (χ0v) is 5.73. The SMILES string of the molecule is NC1(C2(N)N=NN=N2)N=NN=N1. The third-order valence-electron chi connectivity index (χ3n) is 1.41. The number of rotatable bonds is 1. The van der Waals surface area contributed by atoms with Crippen LogP contribution in [0.1, 0.15) is 0 Å². The molecule has 0 saturated heterocycles. The molecular weight excluding hydrogens is 164 g/mol. The van der Waals surface area contributed by atoms with E-state index in [1.165, 1.54) is 0 Å². The monoisotopic (exact) mass is 168 g/mol. The molecule has 10 heteroatoms. The maximum absolute atomic E-state index is 5.55. The van der Waals surface area contributed by atoms with Gasteiger partial charge in [0.15, 0.2) is 0 Å². The van der Waals surface area contributed by atoms with E-state index >= 15 is 0 Å². The Balaban J connectivity index is 2.41. The number of nitrogens with zero attached hydrogens (tertiary/aromatic N) is 8. The topological polar surface area (TPSA) is 151 Å². The van der Waals surface area contributed by atoms with Crippen LogP contribution in [0.4, 0.5) is 0 Å². The third kappa shape index (κ3) is 0.695. The molecule has 4 N–H and O–H groups in total. The van der Waals surface area contributed by atoms with Crippen LogP contribution in [0, 0.1) is 0 Å².